The van der Waals surface area contributed by atoms with Crippen LogP contribution in [0.5, 0.6) is 5.75 Å². The Morgan fingerprint density at radius 1 is 1.33 bits per heavy atom. The SMILES string of the molecule is CCNCC(C)(CC)CC1COc2ccccc21. The number of para-hydroxylation sites is 1. The van der Waals surface area contributed by atoms with Gasteiger partial charge in [-0.15, -0.1) is 0 Å². The molecule has 2 atom stereocenters. The van der Waals surface area contributed by atoms with Gasteiger partial charge >= 0.3 is 0 Å². The van der Waals surface area contributed by atoms with Crippen LogP contribution in [0.15, 0.2) is 24.3 Å². The van der Waals surface area contributed by atoms with Crippen molar-refractivity contribution < 1.29 is 4.74 Å². The second-order valence-corrected chi connectivity index (χ2v) is 5.69. The van der Waals surface area contributed by atoms with Crippen molar-refractivity contribution in [3.05, 3.63) is 29.8 Å². The van der Waals surface area contributed by atoms with Crippen molar-refractivity contribution in [3.8, 4) is 5.75 Å². The van der Waals surface area contributed by atoms with Gasteiger partial charge in [-0.25, -0.2) is 0 Å². The third-order valence-corrected chi connectivity index (χ3v) is 4.19. The molecular weight excluding hydrogens is 222 g/mol. The molecule has 0 aliphatic carbocycles. The summed E-state index contributed by atoms with van der Waals surface area (Å²) in [6, 6.07) is 8.48. The molecule has 2 nitrogen and oxygen atoms in total. The van der Waals surface area contributed by atoms with E-state index in [-0.39, 0.29) is 0 Å². The van der Waals surface area contributed by atoms with Crippen LogP contribution in [0.1, 0.15) is 45.1 Å². The van der Waals surface area contributed by atoms with Crippen LogP contribution in [-0.2, 0) is 0 Å². The Morgan fingerprint density at radius 3 is 2.83 bits per heavy atom. The van der Waals surface area contributed by atoms with E-state index >= 15 is 0 Å². The molecule has 1 aliphatic rings. The van der Waals surface area contributed by atoms with Crippen LogP contribution in [0.25, 0.3) is 0 Å². The largest absolute Gasteiger partial charge is 0.493 e. The van der Waals surface area contributed by atoms with E-state index in [0.717, 1.165) is 25.4 Å². The first-order valence-electron chi connectivity index (χ1n) is 7.11. The van der Waals surface area contributed by atoms with Crippen LogP contribution >= 0.6 is 0 Å². The normalized spacial score (nSPS) is 21.2. The van der Waals surface area contributed by atoms with E-state index in [4.69, 9.17) is 4.74 Å². The molecule has 2 rings (SSSR count). The van der Waals surface area contributed by atoms with Crippen molar-refractivity contribution in [3.63, 3.8) is 0 Å². The Bertz CT molecular complexity index is 390. The van der Waals surface area contributed by atoms with Crippen molar-refractivity contribution in [2.75, 3.05) is 19.7 Å². The van der Waals surface area contributed by atoms with Crippen molar-refractivity contribution in [2.24, 2.45) is 5.41 Å². The maximum absolute atomic E-state index is 5.79. The fourth-order valence-electron chi connectivity index (χ4n) is 2.76. The minimum atomic E-state index is 0.363. The third kappa shape index (κ3) is 2.86. The van der Waals surface area contributed by atoms with Gasteiger partial charge in [0.15, 0.2) is 0 Å². The smallest absolute Gasteiger partial charge is 0.122 e. The van der Waals surface area contributed by atoms with E-state index in [0.29, 0.717) is 11.3 Å². The fourth-order valence-corrected chi connectivity index (χ4v) is 2.76. The second kappa shape index (κ2) is 5.75. The summed E-state index contributed by atoms with van der Waals surface area (Å²) in [5.74, 6) is 1.65. The van der Waals surface area contributed by atoms with Crippen molar-refractivity contribution >= 4 is 0 Å². The lowest BCUT2D eigenvalue weighted by Gasteiger charge is -2.31. The molecule has 0 radical (unpaired) electrons. The van der Waals surface area contributed by atoms with E-state index in [1.54, 1.807) is 0 Å². The highest BCUT2D eigenvalue weighted by Crippen LogP contribution is 2.41. The number of hydrogen-bond acceptors (Lipinski definition) is 2. The molecule has 2 unspecified atom stereocenters. The van der Waals surface area contributed by atoms with Crippen LogP contribution in [0.2, 0.25) is 0 Å². The van der Waals surface area contributed by atoms with Gasteiger partial charge < -0.3 is 10.1 Å². The van der Waals surface area contributed by atoms with Gasteiger partial charge in [0, 0.05) is 18.0 Å². The number of rotatable bonds is 6. The molecule has 0 aromatic heterocycles. The molecule has 100 valence electrons. The Hall–Kier alpha value is -1.02. The molecule has 0 saturated carbocycles. The number of hydrogen-bond donors (Lipinski definition) is 1. The average molecular weight is 247 g/mol. The summed E-state index contributed by atoms with van der Waals surface area (Å²) in [6.07, 6.45) is 2.41. The summed E-state index contributed by atoms with van der Waals surface area (Å²) in [5, 5.41) is 3.50. The minimum Gasteiger partial charge on any atom is -0.493 e. The summed E-state index contributed by atoms with van der Waals surface area (Å²) in [6.45, 7) is 9.84. The standard InChI is InChI=1S/C16H25NO/c1-4-16(3,12-17-5-2)10-13-11-18-15-9-7-6-8-14(13)15/h6-9,13,17H,4-5,10-12H2,1-3H3. The zero-order valence-electron chi connectivity index (χ0n) is 11.8. The molecule has 0 amide bonds. The fraction of sp³-hybridized carbons (Fsp3) is 0.625. The van der Waals surface area contributed by atoms with Gasteiger partial charge in [-0.2, -0.15) is 0 Å². The highest BCUT2D eigenvalue weighted by Gasteiger charge is 2.31. The lowest BCUT2D eigenvalue weighted by molar-refractivity contribution is 0.226. The molecule has 0 saturated heterocycles. The zero-order chi connectivity index (χ0) is 13.0. The molecule has 0 fully saturated rings. The quantitative estimate of drug-likeness (QED) is 0.829. The molecule has 1 N–H and O–H groups in total. The molecule has 2 heteroatoms. The molecule has 18 heavy (non-hydrogen) atoms. The van der Waals surface area contributed by atoms with Gasteiger partial charge in [-0.05, 0) is 30.9 Å². The van der Waals surface area contributed by atoms with Gasteiger partial charge in [-0.3, -0.25) is 0 Å². The monoisotopic (exact) mass is 247 g/mol. The number of fused-ring (bicyclic) bond motifs is 1. The summed E-state index contributed by atoms with van der Waals surface area (Å²) in [7, 11) is 0. The second-order valence-electron chi connectivity index (χ2n) is 5.69. The van der Waals surface area contributed by atoms with Crippen LogP contribution in [-0.4, -0.2) is 19.7 Å². The highest BCUT2D eigenvalue weighted by atomic mass is 16.5. The van der Waals surface area contributed by atoms with Crippen LogP contribution < -0.4 is 10.1 Å². The van der Waals surface area contributed by atoms with Crippen molar-refractivity contribution in [2.45, 2.75) is 39.5 Å². The van der Waals surface area contributed by atoms with Crippen molar-refractivity contribution in [1.29, 1.82) is 0 Å². The first-order chi connectivity index (χ1) is 8.68. The summed E-state index contributed by atoms with van der Waals surface area (Å²) in [4.78, 5) is 0. The first kappa shape index (κ1) is 13.4. The molecule has 1 aliphatic heterocycles. The predicted octanol–water partition coefficient (Wildman–Crippen LogP) is 3.58. The first-order valence-corrected chi connectivity index (χ1v) is 7.11. The third-order valence-electron chi connectivity index (χ3n) is 4.19. The Kier molecular flexibility index (Phi) is 4.28. The van der Waals surface area contributed by atoms with Gasteiger partial charge in [0.05, 0.1) is 6.61 Å². The maximum Gasteiger partial charge on any atom is 0.122 e. The van der Waals surface area contributed by atoms with Crippen LogP contribution in [0.3, 0.4) is 0 Å². The van der Waals surface area contributed by atoms with Gasteiger partial charge in [0.25, 0.3) is 0 Å². The topological polar surface area (TPSA) is 21.3 Å². The van der Waals surface area contributed by atoms with Gasteiger partial charge in [0.2, 0.25) is 0 Å². The summed E-state index contributed by atoms with van der Waals surface area (Å²) in [5.41, 5.74) is 1.76. The molecular formula is C16H25NO. The van der Waals surface area contributed by atoms with E-state index in [1.807, 2.05) is 0 Å². The van der Waals surface area contributed by atoms with E-state index in [2.05, 4.69) is 50.4 Å². The lowest BCUT2D eigenvalue weighted by Crippen LogP contribution is -2.33. The maximum atomic E-state index is 5.79. The van der Waals surface area contributed by atoms with Crippen LogP contribution in [0.4, 0.5) is 0 Å². The molecule has 0 bridgehead atoms. The predicted molar refractivity (Wildman–Crippen MR) is 76.2 cm³/mol. The number of nitrogens with one attached hydrogen (secondary N) is 1. The van der Waals surface area contributed by atoms with Gasteiger partial charge in [-0.1, -0.05) is 39.0 Å². The Labute approximate surface area is 111 Å². The minimum absolute atomic E-state index is 0.363. The summed E-state index contributed by atoms with van der Waals surface area (Å²) < 4.78 is 5.79. The number of benzene rings is 1. The Morgan fingerprint density at radius 2 is 2.11 bits per heavy atom. The molecule has 1 heterocycles. The zero-order valence-corrected chi connectivity index (χ0v) is 11.8. The number of ether oxygens (including phenoxy) is 1. The molecule has 1 aromatic carbocycles. The highest BCUT2D eigenvalue weighted by molar-refractivity contribution is 5.39. The van der Waals surface area contributed by atoms with E-state index in [1.165, 1.54) is 18.4 Å². The lowest BCUT2D eigenvalue weighted by atomic mass is 9.77. The Balaban J connectivity index is 2.05. The van der Waals surface area contributed by atoms with E-state index in [9.17, 15) is 0 Å². The molecule has 1 aromatic rings. The van der Waals surface area contributed by atoms with Crippen molar-refractivity contribution in [1.82, 2.24) is 5.32 Å². The van der Waals surface area contributed by atoms with Crippen LogP contribution in [0, 0.1) is 5.41 Å². The van der Waals surface area contributed by atoms with Gasteiger partial charge in [0.1, 0.15) is 5.75 Å². The summed E-state index contributed by atoms with van der Waals surface area (Å²) >= 11 is 0. The van der Waals surface area contributed by atoms with E-state index < -0.39 is 0 Å². The average Bonchev–Trinajstić information content (AvgIpc) is 2.80. The molecule has 0 spiro atoms.